The molecule has 1 amide bonds. The zero-order valence-corrected chi connectivity index (χ0v) is 11.6. The number of H-pyrrole nitrogens is 1. The number of aromatic nitrogens is 1. The quantitative estimate of drug-likeness (QED) is 0.869. The van der Waals surface area contributed by atoms with Gasteiger partial charge < -0.3 is 15.0 Å². The largest absolute Gasteiger partial charge is 0.480 e. The molecule has 3 atom stereocenters. The monoisotopic (exact) mass is 276 g/mol. The van der Waals surface area contributed by atoms with E-state index >= 15 is 0 Å². The first-order chi connectivity index (χ1) is 9.59. The van der Waals surface area contributed by atoms with Crippen molar-refractivity contribution in [3.8, 4) is 0 Å². The number of aryl methyl sites for hydroxylation is 1. The highest BCUT2D eigenvalue weighted by Gasteiger charge is 2.47. The summed E-state index contributed by atoms with van der Waals surface area (Å²) >= 11 is 0. The summed E-state index contributed by atoms with van der Waals surface area (Å²) in [5.41, 5.74) is 1.47. The van der Waals surface area contributed by atoms with Gasteiger partial charge in [0.1, 0.15) is 6.04 Å². The van der Waals surface area contributed by atoms with Crippen molar-refractivity contribution >= 4 is 11.9 Å². The second kappa shape index (κ2) is 4.96. The van der Waals surface area contributed by atoms with Crippen molar-refractivity contribution in [1.29, 1.82) is 0 Å². The van der Waals surface area contributed by atoms with Gasteiger partial charge in [0.25, 0.3) is 5.91 Å². The van der Waals surface area contributed by atoms with Crippen LogP contribution in [0.25, 0.3) is 0 Å². The standard InChI is InChI=1S/C15H20N2O3/c1-9-7-16-8-11(9)14(18)17-12-5-3-2-4-10(12)6-13(17)15(19)20/h7-8,10,12-13,16H,2-6H2,1H3,(H,19,20). The predicted octanol–water partition coefficient (Wildman–Crippen LogP) is 2.18. The predicted molar refractivity (Wildman–Crippen MR) is 73.5 cm³/mol. The number of carboxylic acids is 1. The Morgan fingerprint density at radius 3 is 2.70 bits per heavy atom. The molecule has 1 saturated heterocycles. The fraction of sp³-hybridized carbons (Fsp3) is 0.600. The Morgan fingerprint density at radius 2 is 2.05 bits per heavy atom. The molecule has 3 unspecified atom stereocenters. The van der Waals surface area contributed by atoms with Crippen LogP contribution in [0.3, 0.4) is 0 Å². The van der Waals surface area contributed by atoms with Crippen molar-refractivity contribution in [3.63, 3.8) is 0 Å². The minimum Gasteiger partial charge on any atom is -0.480 e. The summed E-state index contributed by atoms with van der Waals surface area (Å²) in [7, 11) is 0. The molecule has 0 bridgehead atoms. The fourth-order valence-electron chi connectivity index (χ4n) is 3.78. The summed E-state index contributed by atoms with van der Waals surface area (Å²) in [6, 6.07) is -0.559. The van der Waals surface area contributed by atoms with Crippen LogP contribution in [0.2, 0.25) is 0 Å². The van der Waals surface area contributed by atoms with Crippen LogP contribution in [0, 0.1) is 12.8 Å². The highest BCUT2D eigenvalue weighted by atomic mass is 16.4. The second-order valence-electron chi connectivity index (χ2n) is 5.97. The molecule has 0 spiro atoms. The number of carbonyl (C=O) groups excluding carboxylic acids is 1. The van der Waals surface area contributed by atoms with Gasteiger partial charge in [-0.3, -0.25) is 4.79 Å². The number of fused-ring (bicyclic) bond motifs is 1. The number of hydrogen-bond acceptors (Lipinski definition) is 2. The molecule has 5 nitrogen and oxygen atoms in total. The summed E-state index contributed by atoms with van der Waals surface area (Å²) in [6.07, 6.45) is 8.27. The topological polar surface area (TPSA) is 73.4 Å². The van der Waals surface area contributed by atoms with E-state index in [4.69, 9.17) is 0 Å². The van der Waals surface area contributed by atoms with Crippen LogP contribution in [0.4, 0.5) is 0 Å². The zero-order valence-electron chi connectivity index (χ0n) is 11.6. The third-order valence-electron chi connectivity index (χ3n) is 4.79. The van der Waals surface area contributed by atoms with E-state index in [9.17, 15) is 14.7 Å². The molecule has 1 aliphatic carbocycles. The van der Waals surface area contributed by atoms with Gasteiger partial charge >= 0.3 is 5.97 Å². The molecule has 5 heteroatoms. The summed E-state index contributed by atoms with van der Waals surface area (Å²) in [5, 5.41) is 9.44. The number of hydrogen-bond donors (Lipinski definition) is 2. The molecule has 20 heavy (non-hydrogen) atoms. The SMILES string of the molecule is Cc1c[nH]cc1C(=O)N1C(C(=O)O)CC2CCCCC21. The molecule has 2 N–H and O–H groups in total. The van der Waals surface area contributed by atoms with E-state index in [-0.39, 0.29) is 11.9 Å². The van der Waals surface area contributed by atoms with E-state index in [2.05, 4.69) is 4.98 Å². The van der Waals surface area contributed by atoms with Gasteiger partial charge in [-0.2, -0.15) is 0 Å². The molecule has 1 saturated carbocycles. The van der Waals surface area contributed by atoms with Crippen LogP contribution < -0.4 is 0 Å². The van der Waals surface area contributed by atoms with E-state index in [1.165, 1.54) is 0 Å². The maximum absolute atomic E-state index is 12.7. The van der Waals surface area contributed by atoms with Crippen LogP contribution in [-0.4, -0.2) is 39.0 Å². The van der Waals surface area contributed by atoms with E-state index in [1.54, 1.807) is 17.3 Å². The van der Waals surface area contributed by atoms with E-state index in [0.29, 0.717) is 17.9 Å². The number of nitrogens with zero attached hydrogens (tertiary/aromatic N) is 1. The average molecular weight is 276 g/mol. The Morgan fingerprint density at radius 1 is 1.30 bits per heavy atom. The maximum Gasteiger partial charge on any atom is 0.326 e. The number of aliphatic carboxylic acids is 1. The minimum atomic E-state index is -0.874. The number of amides is 1. The first-order valence-electron chi connectivity index (χ1n) is 7.28. The molecule has 1 aromatic heterocycles. The Hall–Kier alpha value is -1.78. The van der Waals surface area contributed by atoms with Crippen molar-refractivity contribution in [2.75, 3.05) is 0 Å². The van der Waals surface area contributed by atoms with Gasteiger partial charge in [0.15, 0.2) is 0 Å². The Bertz CT molecular complexity index is 537. The van der Waals surface area contributed by atoms with Crippen molar-refractivity contribution in [1.82, 2.24) is 9.88 Å². The molecule has 1 aliphatic heterocycles. The van der Waals surface area contributed by atoms with Crippen LogP contribution >= 0.6 is 0 Å². The summed E-state index contributed by atoms with van der Waals surface area (Å²) in [6.45, 7) is 1.87. The minimum absolute atomic E-state index is 0.103. The Balaban J connectivity index is 1.93. The van der Waals surface area contributed by atoms with Crippen LogP contribution in [0.1, 0.15) is 48.0 Å². The Labute approximate surface area is 118 Å². The summed E-state index contributed by atoms with van der Waals surface area (Å²) < 4.78 is 0. The molecule has 3 rings (SSSR count). The first-order valence-corrected chi connectivity index (χ1v) is 7.28. The maximum atomic E-state index is 12.7. The number of aromatic amines is 1. The van der Waals surface area contributed by atoms with Gasteiger partial charge in [-0.1, -0.05) is 12.8 Å². The number of carboxylic acid groups (broad SMARTS) is 1. The third-order valence-corrected chi connectivity index (χ3v) is 4.79. The molecule has 2 heterocycles. The van der Waals surface area contributed by atoms with Gasteiger partial charge in [0, 0.05) is 18.4 Å². The van der Waals surface area contributed by atoms with E-state index in [0.717, 1.165) is 31.2 Å². The molecular weight excluding hydrogens is 256 g/mol. The van der Waals surface area contributed by atoms with Gasteiger partial charge in [0.2, 0.25) is 0 Å². The van der Waals surface area contributed by atoms with E-state index in [1.807, 2.05) is 6.92 Å². The first kappa shape index (κ1) is 13.2. The number of carbonyl (C=O) groups is 2. The normalized spacial score (nSPS) is 29.2. The van der Waals surface area contributed by atoms with Crippen molar-refractivity contribution in [2.45, 2.75) is 51.1 Å². The number of likely N-dealkylation sites (tertiary alicyclic amines) is 1. The summed E-state index contributed by atoms with van der Waals surface area (Å²) in [5.74, 6) is -0.653. The van der Waals surface area contributed by atoms with Gasteiger partial charge in [-0.05, 0) is 37.7 Å². The van der Waals surface area contributed by atoms with Crippen LogP contribution in [0.15, 0.2) is 12.4 Å². The molecule has 2 aliphatic rings. The average Bonchev–Trinajstić information content (AvgIpc) is 3.01. The second-order valence-corrected chi connectivity index (χ2v) is 5.97. The number of rotatable bonds is 2. The van der Waals surface area contributed by atoms with Crippen molar-refractivity contribution < 1.29 is 14.7 Å². The van der Waals surface area contributed by atoms with Gasteiger partial charge in [-0.25, -0.2) is 4.79 Å². The molecule has 2 fully saturated rings. The highest BCUT2D eigenvalue weighted by Crippen LogP contribution is 2.40. The molecular formula is C15H20N2O3. The summed E-state index contributed by atoms with van der Waals surface area (Å²) in [4.78, 5) is 28.8. The number of nitrogens with one attached hydrogen (secondary N) is 1. The fourth-order valence-corrected chi connectivity index (χ4v) is 3.78. The lowest BCUT2D eigenvalue weighted by Crippen LogP contribution is -2.46. The van der Waals surface area contributed by atoms with Crippen molar-refractivity contribution in [2.24, 2.45) is 5.92 Å². The lowest BCUT2D eigenvalue weighted by atomic mass is 9.84. The van der Waals surface area contributed by atoms with Gasteiger partial charge in [-0.15, -0.1) is 0 Å². The molecule has 0 radical (unpaired) electrons. The molecule has 1 aromatic rings. The molecule has 108 valence electrons. The zero-order chi connectivity index (χ0) is 14.3. The lowest BCUT2D eigenvalue weighted by Gasteiger charge is -2.33. The van der Waals surface area contributed by atoms with Gasteiger partial charge in [0.05, 0.1) is 5.56 Å². The lowest BCUT2D eigenvalue weighted by molar-refractivity contribution is -0.141. The van der Waals surface area contributed by atoms with Crippen LogP contribution in [-0.2, 0) is 4.79 Å². The van der Waals surface area contributed by atoms with Crippen LogP contribution in [0.5, 0.6) is 0 Å². The highest BCUT2D eigenvalue weighted by molar-refractivity contribution is 5.98. The smallest absolute Gasteiger partial charge is 0.326 e. The third kappa shape index (κ3) is 2.01. The van der Waals surface area contributed by atoms with E-state index < -0.39 is 12.0 Å². The molecule has 0 aromatic carbocycles. The van der Waals surface area contributed by atoms with Crippen molar-refractivity contribution in [3.05, 3.63) is 23.5 Å². The Kier molecular flexibility index (Phi) is 3.28.